The standard InChI is InChI=1S/C16H28N2O/c1-4-9-18(13-16(2,3)12-17)10-14-5-7-15(11-19)8-6-14/h5-8,19H,4,9-13,17H2,1-3H3. The van der Waals surface area contributed by atoms with E-state index in [4.69, 9.17) is 10.8 Å². The molecule has 0 aliphatic carbocycles. The van der Waals surface area contributed by atoms with Crippen molar-refractivity contribution in [1.29, 1.82) is 0 Å². The van der Waals surface area contributed by atoms with E-state index in [1.165, 1.54) is 5.56 Å². The molecule has 0 unspecified atom stereocenters. The minimum absolute atomic E-state index is 0.110. The third-order valence-electron chi connectivity index (χ3n) is 3.36. The average Bonchev–Trinajstić information content (AvgIpc) is 2.39. The van der Waals surface area contributed by atoms with Crippen molar-refractivity contribution in [2.75, 3.05) is 19.6 Å². The number of nitrogens with zero attached hydrogens (tertiary/aromatic N) is 1. The molecule has 0 saturated carbocycles. The quantitative estimate of drug-likeness (QED) is 0.758. The first-order chi connectivity index (χ1) is 9.00. The molecule has 1 aromatic rings. The molecule has 1 aromatic carbocycles. The molecular formula is C16H28N2O. The van der Waals surface area contributed by atoms with E-state index in [-0.39, 0.29) is 12.0 Å². The Kier molecular flexibility index (Phi) is 6.49. The summed E-state index contributed by atoms with van der Waals surface area (Å²) in [5, 5.41) is 9.06. The largest absolute Gasteiger partial charge is 0.392 e. The smallest absolute Gasteiger partial charge is 0.0681 e. The molecular weight excluding hydrogens is 236 g/mol. The van der Waals surface area contributed by atoms with Crippen LogP contribution in [0.4, 0.5) is 0 Å². The Morgan fingerprint density at radius 3 is 2.21 bits per heavy atom. The Bertz CT molecular complexity index is 360. The highest BCUT2D eigenvalue weighted by molar-refractivity contribution is 5.21. The fourth-order valence-electron chi connectivity index (χ4n) is 2.21. The van der Waals surface area contributed by atoms with Gasteiger partial charge in [0.2, 0.25) is 0 Å². The molecule has 0 atom stereocenters. The normalized spacial score (nSPS) is 12.1. The van der Waals surface area contributed by atoms with Crippen molar-refractivity contribution in [2.24, 2.45) is 11.1 Å². The summed E-state index contributed by atoms with van der Waals surface area (Å²) in [6.07, 6.45) is 1.15. The summed E-state index contributed by atoms with van der Waals surface area (Å²) in [7, 11) is 0. The van der Waals surface area contributed by atoms with E-state index in [9.17, 15) is 0 Å². The first-order valence-electron chi connectivity index (χ1n) is 7.12. The van der Waals surface area contributed by atoms with Gasteiger partial charge in [0.25, 0.3) is 0 Å². The van der Waals surface area contributed by atoms with Crippen molar-refractivity contribution in [3.05, 3.63) is 35.4 Å². The Hall–Kier alpha value is -0.900. The number of benzene rings is 1. The number of hydrogen-bond acceptors (Lipinski definition) is 3. The van der Waals surface area contributed by atoms with E-state index in [0.717, 1.165) is 31.6 Å². The number of rotatable bonds is 8. The van der Waals surface area contributed by atoms with Gasteiger partial charge in [-0.15, -0.1) is 0 Å². The van der Waals surface area contributed by atoms with Crippen LogP contribution in [-0.2, 0) is 13.2 Å². The summed E-state index contributed by atoms with van der Waals surface area (Å²) in [4.78, 5) is 2.46. The lowest BCUT2D eigenvalue weighted by Crippen LogP contribution is -2.38. The van der Waals surface area contributed by atoms with Gasteiger partial charge in [0.05, 0.1) is 6.61 Å². The first kappa shape index (κ1) is 16.2. The predicted molar refractivity (Wildman–Crippen MR) is 80.8 cm³/mol. The SMILES string of the molecule is CCCN(Cc1ccc(CO)cc1)CC(C)(C)CN. The maximum absolute atomic E-state index is 9.06. The van der Waals surface area contributed by atoms with Crippen LogP contribution in [0.3, 0.4) is 0 Å². The lowest BCUT2D eigenvalue weighted by atomic mass is 9.93. The second kappa shape index (κ2) is 7.63. The summed E-state index contributed by atoms with van der Waals surface area (Å²) in [6.45, 7) is 10.5. The molecule has 3 nitrogen and oxygen atoms in total. The summed E-state index contributed by atoms with van der Waals surface area (Å²) in [5.74, 6) is 0. The molecule has 3 N–H and O–H groups in total. The first-order valence-corrected chi connectivity index (χ1v) is 7.12. The Balaban J connectivity index is 2.66. The number of aliphatic hydroxyl groups excluding tert-OH is 1. The molecule has 0 saturated heterocycles. The molecule has 0 aliphatic heterocycles. The van der Waals surface area contributed by atoms with Gasteiger partial charge in [0.1, 0.15) is 0 Å². The van der Waals surface area contributed by atoms with E-state index < -0.39 is 0 Å². The lowest BCUT2D eigenvalue weighted by molar-refractivity contribution is 0.176. The number of nitrogens with two attached hydrogens (primary N) is 1. The third-order valence-corrected chi connectivity index (χ3v) is 3.36. The highest BCUT2D eigenvalue weighted by Gasteiger charge is 2.19. The molecule has 0 radical (unpaired) electrons. The van der Waals surface area contributed by atoms with Gasteiger partial charge in [-0.3, -0.25) is 4.90 Å². The van der Waals surface area contributed by atoms with Crippen LogP contribution in [0.25, 0.3) is 0 Å². The molecule has 108 valence electrons. The lowest BCUT2D eigenvalue weighted by Gasteiger charge is -2.31. The van der Waals surface area contributed by atoms with Crippen molar-refractivity contribution < 1.29 is 5.11 Å². The zero-order valence-electron chi connectivity index (χ0n) is 12.5. The maximum atomic E-state index is 9.06. The summed E-state index contributed by atoms with van der Waals surface area (Å²) >= 11 is 0. The van der Waals surface area contributed by atoms with Crippen molar-refractivity contribution in [3.8, 4) is 0 Å². The molecule has 0 amide bonds. The van der Waals surface area contributed by atoms with Gasteiger partial charge in [0.15, 0.2) is 0 Å². The summed E-state index contributed by atoms with van der Waals surface area (Å²) in [5.41, 5.74) is 8.24. The predicted octanol–water partition coefficient (Wildman–Crippen LogP) is 2.38. The van der Waals surface area contributed by atoms with E-state index in [2.05, 4.69) is 37.8 Å². The molecule has 0 aliphatic rings. The zero-order valence-corrected chi connectivity index (χ0v) is 12.5. The minimum Gasteiger partial charge on any atom is -0.392 e. The van der Waals surface area contributed by atoms with Crippen LogP contribution in [0, 0.1) is 5.41 Å². The van der Waals surface area contributed by atoms with E-state index >= 15 is 0 Å². The minimum atomic E-state index is 0.110. The second-order valence-electron chi connectivity index (χ2n) is 6.05. The molecule has 0 fully saturated rings. The van der Waals surface area contributed by atoms with Crippen molar-refractivity contribution in [2.45, 2.75) is 40.3 Å². The highest BCUT2D eigenvalue weighted by atomic mass is 16.3. The molecule has 1 rings (SSSR count). The molecule has 0 heterocycles. The monoisotopic (exact) mass is 264 g/mol. The van der Waals surface area contributed by atoms with E-state index in [1.807, 2.05) is 12.1 Å². The van der Waals surface area contributed by atoms with Crippen LogP contribution in [0.2, 0.25) is 0 Å². The van der Waals surface area contributed by atoms with Crippen molar-refractivity contribution in [1.82, 2.24) is 4.90 Å². The van der Waals surface area contributed by atoms with Gasteiger partial charge in [-0.05, 0) is 36.1 Å². The Morgan fingerprint density at radius 2 is 1.74 bits per heavy atom. The van der Waals surface area contributed by atoms with Gasteiger partial charge in [0, 0.05) is 13.1 Å². The van der Waals surface area contributed by atoms with Gasteiger partial charge in [-0.25, -0.2) is 0 Å². The zero-order chi connectivity index (χ0) is 14.3. The van der Waals surface area contributed by atoms with Crippen molar-refractivity contribution >= 4 is 0 Å². The number of hydrogen-bond donors (Lipinski definition) is 2. The summed E-state index contributed by atoms with van der Waals surface area (Å²) < 4.78 is 0. The molecule has 0 spiro atoms. The van der Waals surface area contributed by atoms with Crippen LogP contribution in [-0.4, -0.2) is 29.6 Å². The van der Waals surface area contributed by atoms with Gasteiger partial charge < -0.3 is 10.8 Å². The van der Waals surface area contributed by atoms with E-state index in [1.54, 1.807) is 0 Å². The van der Waals surface area contributed by atoms with Crippen LogP contribution in [0.1, 0.15) is 38.3 Å². The van der Waals surface area contributed by atoms with Crippen LogP contribution in [0.5, 0.6) is 0 Å². The second-order valence-corrected chi connectivity index (χ2v) is 6.05. The van der Waals surface area contributed by atoms with Gasteiger partial charge >= 0.3 is 0 Å². The van der Waals surface area contributed by atoms with Crippen molar-refractivity contribution in [3.63, 3.8) is 0 Å². The molecule has 19 heavy (non-hydrogen) atoms. The van der Waals surface area contributed by atoms with Gasteiger partial charge in [-0.2, -0.15) is 0 Å². The average molecular weight is 264 g/mol. The maximum Gasteiger partial charge on any atom is 0.0681 e. The van der Waals surface area contributed by atoms with Gasteiger partial charge in [-0.1, -0.05) is 45.0 Å². The molecule has 0 aromatic heterocycles. The van der Waals surface area contributed by atoms with E-state index in [0.29, 0.717) is 6.54 Å². The number of aliphatic hydroxyl groups is 1. The Labute approximate surface area is 117 Å². The van der Waals surface area contributed by atoms with Crippen LogP contribution < -0.4 is 5.73 Å². The molecule has 3 heteroatoms. The Morgan fingerprint density at radius 1 is 1.16 bits per heavy atom. The third kappa shape index (κ3) is 5.72. The fraction of sp³-hybridized carbons (Fsp3) is 0.625. The fourth-order valence-corrected chi connectivity index (χ4v) is 2.21. The van der Waals surface area contributed by atoms with Crippen LogP contribution in [0.15, 0.2) is 24.3 Å². The highest BCUT2D eigenvalue weighted by Crippen LogP contribution is 2.17. The summed E-state index contributed by atoms with van der Waals surface area (Å²) in [6, 6.07) is 8.19. The topological polar surface area (TPSA) is 49.5 Å². The van der Waals surface area contributed by atoms with Crippen LogP contribution >= 0.6 is 0 Å². The molecule has 0 bridgehead atoms.